The molecule has 5 rings (SSSR count). The zero-order valence-electron chi connectivity index (χ0n) is 19.1. The molecule has 5 atom stereocenters. The van der Waals surface area contributed by atoms with Gasteiger partial charge in [0.2, 0.25) is 0 Å². The third-order valence-electron chi connectivity index (χ3n) is 7.35. The van der Waals surface area contributed by atoms with Crippen LogP contribution in [0.25, 0.3) is 0 Å². The van der Waals surface area contributed by atoms with Crippen molar-refractivity contribution in [3.63, 3.8) is 0 Å². The molecule has 1 aromatic carbocycles. The molecule has 3 fully saturated rings. The molecule has 0 spiro atoms. The zero-order valence-corrected chi connectivity index (χ0v) is 19.9. The molecule has 1 N–H and O–H groups in total. The molecule has 0 amide bonds. The van der Waals surface area contributed by atoms with Gasteiger partial charge in [0.1, 0.15) is 5.82 Å². The van der Waals surface area contributed by atoms with Gasteiger partial charge in [-0.15, -0.1) is 5.10 Å². The summed E-state index contributed by atoms with van der Waals surface area (Å²) >= 11 is -1.29. The fourth-order valence-electron chi connectivity index (χ4n) is 5.59. The van der Waals surface area contributed by atoms with Gasteiger partial charge in [-0.25, -0.2) is 0 Å². The third-order valence-corrected chi connectivity index (χ3v) is 8.64. The van der Waals surface area contributed by atoms with Crippen molar-refractivity contribution < 1.29 is 9.29 Å². The number of aromatic nitrogens is 2. The lowest BCUT2D eigenvalue weighted by Crippen LogP contribution is -2.39. The molecule has 2 unspecified atom stereocenters. The molecule has 2 aromatic rings. The predicted octanol–water partition coefficient (Wildman–Crippen LogP) is 3.97. The molecular weight excluding hydrogens is 420 g/mol. The van der Waals surface area contributed by atoms with Crippen molar-refractivity contribution in [2.24, 2.45) is 17.8 Å². The van der Waals surface area contributed by atoms with Crippen LogP contribution < -0.4 is 5.32 Å². The van der Waals surface area contributed by atoms with E-state index in [4.69, 9.17) is 4.74 Å². The minimum Gasteiger partial charge on any atom is -0.605 e. The smallest absolute Gasteiger partial charge is 0.269 e. The van der Waals surface area contributed by atoms with Gasteiger partial charge < -0.3 is 19.5 Å². The number of anilines is 1. The van der Waals surface area contributed by atoms with Gasteiger partial charge in [-0.05, 0) is 75.5 Å². The highest BCUT2D eigenvalue weighted by Crippen LogP contribution is 2.40. The zero-order chi connectivity index (χ0) is 22.1. The van der Waals surface area contributed by atoms with Gasteiger partial charge in [0.15, 0.2) is 4.90 Å². The fraction of sp³-hybridized carbons (Fsp3) is 0.600. The SMILES string of the molecule is CC1(C)CCC(CN2C[C@H]3C[C@H](Nc4ccc([S+]([O-])c5ccccc5)nn4)C[C@H]3C2)CO1. The first kappa shape index (κ1) is 22.1. The van der Waals surface area contributed by atoms with Crippen molar-refractivity contribution in [3.05, 3.63) is 42.5 Å². The summed E-state index contributed by atoms with van der Waals surface area (Å²) in [6.45, 7) is 8.93. The first-order chi connectivity index (χ1) is 15.4. The van der Waals surface area contributed by atoms with Crippen LogP contribution in [0.15, 0.2) is 52.4 Å². The summed E-state index contributed by atoms with van der Waals surface area (Å²) in [7, 11) is 0. The van der Waals surface area contributed by atoms with E-state index in [2.05, 4.69) is 34.3 Å². The van der Waals surface area contributed by atoms with E-state index in [1.165, 1.54) is 45.3 Å². The van der Waals surface area contributed by atoms with Crippen molar-refractivity contribution in [2.45, 2.75) is 61.1 Å². The number of rotatable bonds is 6. The van der Waals surface area contributed by atoms with Gasteiger partial charge in [0, 0.05) is 42.9 Å². The summed E-state index contributed by atoms with van der Waals surface area (Å²) in [6, 6.07) is 13.6. The highest BCUT2D eigenvalue weighted by Gasteiger charge is 2.41. The standard InChI is InChI=1S/C25H34N4O2S/c1-25(2)11-10-18(17-31-25)14-29-15-19-12-21(13-20(19)16-29)26-23-8-9-24(28-27-23)32(30)22-6-4-3-5-7-22/h3-9,18-21H,10-17H2,1-2H3,(H,26,27)/t18?,19-,20+,21+,32?. The van der Waals surface area contributed by atoms with Crippen molar-refractivity contribution in [3.8, 4) is 0 Å². The molecule has 1 aromatic heterocycles. The second kappa shape index (κ2) is 9.29. The second-order valence-electron chi connectivity index (χ2n) is 10.4. The molecule has 172 valence electrons. The molecule has 32 heavy (non-hydrogen) atoms. The summed E-state index contributed by atoms with van der Waals surface area (Å²) in [5, 5.41) is 12.6. The maximum Gasteiger partial charge on any atom is 0.269 e. The van der Waals surface area contributed by atoms with Crippen LogP contribution in [-0.4, -0.2) is 57.5 Å². The topological polar surface area (TPSA) is 73.3 Å². The van der Waals surface area contributed by atoms with Gasteiger partial charge in [-0.1, -0.05) is 23.3 Å². The summed E-state index contributed by atoms with van der Waals surface area (Å²) in [5.74, 6) is 3.01. The van der Waals surface area contributed by atoms with E-state index in [-0.39, 0.29) is 5.60 Å². The van der Waals surface area contributed by atoms with Crippen LogP contribution >= 0.6 is 0 Å². The molecule has 2 aliphatic heterocycles. The van der Waals surface area contributed by atoms with Crippen LogP contribution in [0, 0.1) is 17.8 Å². The highest BCUT2D eigenvalue weighted by atomic mass is 32.2. The molecule has 6 nitrogen and oxygen atoms in total. The van der Waals surface area contributed by atoms with E-state index in [0.29, 0.717) is 17.0 Å². The van der Waals surface area contributed by atoms with Crippen LogP contribution in [0.5, 0.6) is 0 Å². The number of fused-ring (bicyclic) bond motifs is 1. The van der Waals surface area contributed by atoms with E-state index in [9.17, 15) is 4.55 Å². The molecule has 2 saturated heterocycles. The van der Waals surface area contributed by atoms with Crippen molar-refractivity contribution >= 4 is 17.0 Å². The number of hydrogen-bond donors (Lipinski definition) is 1. The quantitative estimate of drug-likeness (QED) is 0.666. The van der Waals surface area contributed by atoms with Crippen LogP contribution in [0.2, 0.25) is 0 Å². The maximum atomic E-state index is 12.6. The normalized spacial score (nSPS) is 30.7. The average molecular weight is 455 g/mol. The summed E-state index contributed by atoms with van der Waals surface area (Å²) in [5.41, 5.74) is 0.0641. The monoisotopic (exact) mass is 454 g/mol. The Balaban J connectivity index is 1.09. The maximum absolute atomic E-state index is 12.6. The van der Waals surface area contributed by atoms with Gasteiger partial charge in [-0.3, -0.25) is 0 Å². The van der Waals surface area contributed by atoms with Crippen LogP contribution in [-0.2, 0) is 15.9 Å². The Morgan fingerprint density at radius 3 is 2.47 bits per heavy atom. The summed E-state index contributed by atoms with van der Waals surface area (Å²) < 4.78 is 18.7. The summed E-state index contributed by atoms with van der Waals surface area (Å²) in [4.78, 5) is 3.42. The largest absolute Gasteiger partial charge is 0.605 e. The lowest BCUT2D eigenvalue weighted by atomic mass is 9.91. The Bertz CT molecular complexity index is 871. The van der Waals surface area contributed by atoms with Crippen LogP contribution in [0.4, 0.5) is 5.82 Å². The molecular formula is C25H34N4O2S. The predicted molar refractivity (Wildman–Crippen MR) is 126 cm³/mol. The van der Waals surface area contributed by atoms with Gasteiger partial charge in [0.25, 0.3) is 5.03 Å². The van der Waals surface area contributed by atoms with Crippen LogP contribution in [0.3, 0.4) is 0 Å². The van der Waals surface area contributed by atoms with Gasteiger partial charge in [0.05, 0.1) is 12.2 Å². The van der Waals surface area contributed by atoms with Crippen molar-refractivity contribution in [1.82, 2.24) is 15.1 Å². The highest BCUT2D eigenvalue weighted by molar-refractivity contribution is 7.91. The minimum absolute atomic E-state index is 0.0641. The van der Waals surface area contributed by atoms with Crippen molar-refractivity contribution in [1.29, 1.82) is 0 Å². The lowest BCUT2D eigenvalue weighted by molar-refractivity contribution is -0.0809. The number of nitrogens with zero attached hydrogens (tertiary/aromatic N) is 3. The second-order valence-corrected chi connectivity index (χ2v) is 11.8. The Hall–Kier alpha value is -1.67. The number of benzene rings is 1. The van der Waals surface area contributed by atoms with Crippen molar-refractivity contribution in [2.75, 3.05) is 31.6 Å². The molecule has 3 aliphatic rings. The average Bonchev–Trinajstić information content (AvgIpc) is 3.34. The van der Waals surface area contributed by atoms with Gasteiger partial charge in [-0.2, -0.15) is 0 Å². The lowest BCUT2D eigenvalue weighted by Gasteiger charge is -2.36. The molecule has 3 heterocycles. The molecule has 1 aliphatic carbocycles. The minimum atomic E-state index is -1.29. The molecule has 1 saturated carbocycles. The van der Waals surface area contributed by atoms with E-state index >= 15 is 0 Å². The Kier molecular flexibility index (Phi) is 6.43. The number of hydrogen-bond acceptors (Lipinski definition) is 6. The summed E-state index contributed by atoms with van der Waals surface area (Å²) in [6.07, 6.45) is 4.83. The van der Waals surface area contributed by atoms with E-state index in [1.807, 2.05) is 42.5 Å². The Morgan fingerprint density at radius 2 is 1.84 bits per heavy atom. The third kappa shape index (κ3) is 5.11. The van der Waals surface area contributed by atoms with E-state index in [1.54, 1.807) is 0 Å². The van der Waals surface area contributed by atoms with Crippen LogP contribution in [0.1, 0.15) is 39.5 Å². The number of nitrogens with one attached hydrogen (secondary N) is 1. The first-order valence-electron chi connectivity index (χ1n) is 11.9. The first-order valence-corrected chi connectivity index (χ1v) is 13.0. The van der Waals surface area contributed by atoms with E-state index in [0.717, 1.165) is 29.2 Å². The Labute approximate surface area is 194 Å². The number of ether oxygens (including phenoxy) is 1. The number of likely N-dealkylation sites (tertiary alicyclic amines) is 1. The Morgan fingerprint density at radius 1 is 1.09 bits per heavy atom. The molecule has 0 radical (unpaired) electrons. The fourth-order valence-corrected chi connectivity index (χ4v) is 6.55. The van der Waals surface area contributed by atoms with E-state index < -0.39 is 11.2 Å². The molecule has 0 bridgehead atoms. The molecule has 7 heteroatoms. The van der Waals surface area contributed by atoms with Gasteiger partial charge >= 0.3 is 0 Å².